The Morgan fingerprint density at radius 2 is 1.93 bits per heavy atom. The Labute approximate surface area is 90.1 Å². The third kappa shape index (κ3) is 3.21. The maximum Gasteiger partial charge on any atom is 0.296 e. The molecule has 0 radical (unpaired) electrons. The largest absolute Gasteiger partial charge is 0.382 e. The minimum absolute atomic E-state index is 0.0730. The molecule has 5 heteroatoms. The maximum atomic E-state index is 11.1. The van der Waals surface area contributed by atoms with Crippen LogP contribution in [0.25, 0.3) is 0 Å². The summed E-state index contributed by atoms with van der Waals surface area (Å²) in [6.45, 7) is 5.56. The highest BCUT2D eigenvalue weighted by Crippen LogP contribution is 2.22. The molecule has 84 valence electrons. The summed E-state index contributed by atoms with van der Waals surface area (Å²) in [5, 5.41) is 2.97. The number of aryl methyl sites for hydroxylation is 1. The van der Waals surface area contributed by atoms with E-state index in [4.69, 9.17) is 4.55 Å². The summed E-state index contributed by atoms with van der Waals surface area (Å²) in [4.78, 5) is -0.0730. The van der Waals surface area contributed by atoms with Gasteiger partial charge in [0.15, 0.2) is 0 Å². The molecule has 0 heterocycles. The van der Waals surface area contributed by atoms with E-state index in [-0.39, 0.29) is 10.9 Å². The minimum atomic E-state index is -4.16. The number of benzene rings is 1. The van der Waals surface area contributed by atoms with E-state index in [0.29, 0.717) is 5.69 Å². The minimum Gasteiger partial charge on any atom is -0.382 e. The van der Waals surface area contributed by atoms with Crippen molar-refractivity contribution in [2.45, 2.75) is 31.7 Å². The van der Waals surface area contributed by atoms with E-state index in [1.54, 1.807) is 19.1 Å². The zero-order chi connectivity index (χ0) is 11.6. The molecular formula is C10H15NO3S. The lowest BCUT2D eigenvalue weighted by Crippen LogP contribution is -2.13. The molecule has 1 rings (SSSR count). The number of nitrogens with one attached hydrogen (secondary N) is 1. The fraction of sp³-hybridized carbons (Fsp3) is 0.400. The van der Waals surface area contributed by atoms with Crippen molar-refractivity contribution in [3.63, 3.8) is 0 Å². The van der Waals surface area contributed by atoms with Crippen molar-refractivity contribution in [1.29, 1.82) is 0 Å². The lowest BCUT2D eigenvalue weighted by molar-refractivity contribution is 0.483. The van der Waals surface area contributed by atoms with Crippen LogP contribution in [-0.2, 0) is 10.1 Å². The van der Waals surface area contributed by atoms with Crippen LogP contribution in [0.2, 0.25) is 0 Å². The van der Waals surface area contributed by atoms with Crippen LogP contribution in [0.3, 0.4) is 0 Å². The van der Waals surface area contributed by atoms with Crippen molar-refractivity contribution in [1.82, 2.24) is 0 Å². The van der Waals surface area contributed by atoms with E-state index in [0.717, 1.165) is 5.56 Å². The van der Waals surface area contributed by atoms with Crippen LogP contribution in [0.5, 0.6) is 0 Å². The summed E-state index contributed by atoms with van der Waals surface area (Å²) in [5.74, 6) is 0. The first-order chi connectivity index (χ1) is 6.80. The highest BCUT2D eigenvalue weighted by atomic mass is 32.2. The average molecular weight is 229 g/mol. The molecule has 15 heavy (non-hydrogen) atoms. The van der Waals surface area contributed by atoms with E-state index >= 15 is 0 Å². The Morgan fingerprint density at radius 1 is 1.33 bits per heavy atom. The first kappa shape index (κ1) is 12.0. The molecule has 0 bridgehead atoms. The summed E-state index contributed by atoms with van der Waals surface area (Å²) < 4.78 is 31.2. The fourth-order valence-corrected chi connectivity index (χ4v) is 2.01. The Bertz CT molecular complexity index is 452. The van der Waals surface area contributed by atoms with Gasteiger partial charge in [0.05, 0.1) is 5.69 Å². The Morgan fingerprint density at radius 3 is 2.40 bits per heavy atom. The first-order valence-electron chi connectivity index (χ1n) is 4.65. The van der Waals surface area contributed by atoms with Crippen LogP contribution < -0.4 is 5.32 Å². The highest BCUT2D eigenvalue weighted by Gasteiger charge is 2.15. The molecule has 0 aliphatic heterocycles. The van der Waals surface area contributed by atoms with Gasteiger partial charge in [0.1, 0.15) is 4.90 Å². The van der Waals surface area contributed by atoms with Crippen molar-refractivity contribution in [2.24, 2.45) is 0 Å². The van der Waals surface area contributed by atoms with Crippen molar-refractivity contribution in [3.05, 3.63) is 23.8 Å². The molecule has 2 N–H and O–H groups in total. The van der Waals surface area contributed by atoms with Crippen LogP contribution in [0.15, 0.2) is 23.1 Å². The van der Waals surface area contributed by atoms with Crippen LogP contribution in [-0.4, -0.2) is 19.0 Å². The summed E-state index contributed by atoms with van der Waals surface area (Å²) in [6.07, 6.45) is 0. The van der Waals surface area contributed by atoms with Crippen molar-refractivity contribution >= 4 is 15.8 Å². The molecule has 4 nitrogen and oxygen atoms in total. The van der Waals surface area contributed by atoms with Crippen LogP contribution in [0.1, 0.15) is 19.4 Å². The van der Waals surface area contributed by atoms with Crippen molar-refractivity contribution < 1.29 is 13.0 Å². The van der Waals surface area contributed by atoms with Crippen LogP contribution >= 0.6 is 0 Å². The van der Waals surface area contributed by atoms with Gasteiger partial charge in [0.2, 0.25) is 0 Å². The van der Waals surface area contributed by atoms with Crippen LogP contribution in [0, 0.1) is 6.92 Å². The summed E-state index contributed by atoms with van der Waals surface area (Å²) in [7, 11) is -4.16. The third-order valence-electron chi connectivity index (χ3n) is 1.86. The van der Waals surface area contributed by atoms with Gasteiger partial charge in [-0.25, -0.2) is 0 Å². The normalized spacial score (nSPS) is 11.8. The predicted octanol–water partition coefficient (Wildman–Crippen LogP) is 2.06. The standard InChI is InChI=1S/C10H15NO3S/c1-7(2)11-9-5-4-8(3)6-10(9)15(12,13)14/h4-7,11H,1-3H3,(H,12,13,14). The van der Waals surface area contributed by atoms with Gasteiger partial charge in [-0.15, -0.1) is 0 Å². The van der Waals surface area contributed by atoms with E-state index in [1.165, 1.54) is 6.07 Å². The van der Waals surface area contributed by atoms with E-state index in [9.17, 15) is 8.42 Å². The molecule has 0 aliphatic rings. The molecule has 1 aromatic carbocycles. The molecule has 0 fully saturated rings. The zero-order valence-electron chi connectivity index (χ0n) is 8.98. The van der Waals surface area contributed by atoms with Crippen molar-refractivity contribution in [2.75, 3.05) is 5.32 Å². The van der Waals surface area contributed by atoms with Gasteiger partial charge in [-0.2, -0.15) is 8.42 Å². The lowest BCUT2D eigenvalue weighted by Gasteiger charge is -2.13. The molecule has 0 saturated carbocycles. The summed E-state index contributed by atoms with van der Waals surface area (Å²) >= 11 is 0. The molecule has 0 unspecified atom stereocenters. The van der Waals surface area contributed by atoms with Gasteiger partial charge >= 0.3 is 0 Å². The molecule has 0 atom stereocenters. The molecule has 0 aromatic heterocycles. The van der Waals surface area contributed by atoms with Gasteiger partial charge in [-0.1, -0.05) is 6.07 Å². The fourth-order valence-electron chi connectivity index (χ4n) is 1.27. The second-order valence-corrected chi connectivity index (χ2v) is 5.16. The monoisotopic (exact) mass is 229 g/mol. The Balaban J connectivity index is 3.27. The van der Waals surface area contributed by atoms with Gasteiger partial charge < -0.3 is 5.32 Å². The molecule has 0 saturated heterocycles. The van der Waals surface area contributed by atoms with Gasteiger partial charge in [-0.3, -0.25) is 4.55 Å². The third-order valence-corrected chi connectivity index (χ3v) is 2.75. The van der Waals surface area contributed by atoms with Gasteiger partial charge in [0, 0.05) is 6.04 Å². The molecular weight excluding hydrogens is 214 g/mol. The molecule has 0 spiro atoms. The molecule has 1 aromatic rings. The Hall–Kier alpha value is -1.07. The quantitative estimate of drug-likeness (QED) is 0.779. The number of anilines is 1. The topological polar surface area (TPSA) is 66.4 Å². The predicted molar refractivity (Wildman–Crippen MR) is 59.8 cm³/mol. The van der Waals surface area contributed by atoms with Gasteiger partial charge in [0.25, 0.3) is 10.1 Å². The van der Waals surface area contributed by atoms with Crippen molar-refractivity contribution in [3.8, 4) is 0 Å². The maximum absolute atomic E-state index is 11.1. The second-order valence-electron chi connectivity index (χ2n) is 3.77. The average Bonchev–Trinajstić information content (AvgIpc) is 2.05. The lowest BCUT2D eigenvalue weighted by atomic mass is 10.2. The smallest absolute Gasteiger partial charge is 0.296 e. The first-order valence-corrected chi connectivity index (χ1v) is 6.09. The zero-order valence-corrected chi connectivity index (χ0v) is 9.80. The molecule has 0 aliphatic carbocycles. The van der Waals surface area contributed by atoms with E-state index in [2.05, 4.69) is 5.32 Å². The number of hydrogen-bond acceptors (Lipinski definition) is 3. The number of rotatable bonds is 3. The van der Waals surface area contributed by atoms with E-state index in [1.807, 2.05) is 13.8 Å². The number of hydrogen-bond donors (Lipinski definition) is 2. The summed E-state index contributed by atoms with van der Waals surface area (Å²) in [5.41, 5.74) is 1.22. The molecule has 0 amide bonds. The van der Waals surface area contributed by atoms with Crippen LogP contribution in [0.4, 0.5) is 5.69 Å². The Kier molecular flexibility index (Phi) is 3.36. The summed E-state index contributed by atoms with van der Waals surface area (Å²) in [6, 6.07) is 4.99. The SMILES string of the molecule is Cc1ccc(NC(C)C)c(S(=O)(=O)O)c1. The second kappa shape index (κ2) is 4.20. The van der Waals surface area contributed by atoms with E-state index < -0.39 is 10.1 Å². The van der Waals surface area contributed by atoms with Gasteiger partial charge in [-0.05, 0) is 38.5 Å². The highest BCUT2D eigenvalue weighted by molar-refractivity contribution is 7.86.